The number of nitrogens with zero attached hydrogens (tertiary/aromatic N) is 2. The van der Waals surface area contributed by atoms with Crippen LogP contribution in [0.25, 0.3) is 11.1 Å². The number of rotatable bonds is 5. The second kappa shape index (κ2) is 8.58. The molecular formula is C25H32N2O2. The van der Waals surface area contributed by atoms with E-state index in [4.69, 9.17) is 4.74 Å². The normalized spacial score (nSPS) is 19.3. The van der Waals surface area contributed by atoms with E-state index in [-0.39, 0.29) is 5.91 Å². The summed E-state index contributed by atoms with van der Waals surface area (Å²) in [5.74, 6) is 1.02. The number of benzene rings is 2. The van der Waals surface area contributed by atoms with Crippen molar-refractivity contribution in [1.29, 1.82) is 0 Å². The van der Waals surface area contributed by atoms with E-state index in [2.05, 4.69) is 48.2 Å². The Hall–Kier alpha value is -2.33. The molecule has 4 heteroatoms. The zero-order valence-corrected chi connectivity index (χ0v) is 17.9. The Kier molecular flexibility index (Phi) is 5.91. The molecule has 2 aliphatic heterocycles. The van der Waals surface area contributed by atoms with Crippen molar-refractivity contribution in [2.45, 2.75) is 52.1 Å². The molecule has 0 radical (unpaired) electrons. The van der Waals surface area contributed by atoms with Gasteiger partial charge in [-0.3, -0.25) is 4.79 Å². The van der Waals surface area contributed by atoms with Gasteiger partial charge in [0.25, 0.3) is 0 Å². The SMILES string of the molecule is COc1cc2c(cc1-c1ccc(CCN3CCC[C@H]3C)cc1)CCN(C(C)=O)C2. The van der Waals surface area contributed by atoms with Crippen LogP contribution >= 0.6 is 0 Å². The van der Waals surface area contributed by atoms with Gasteiger partial charge in [0.1, 0.15) is 5.75 Å². The summed E-state index contributed by atoms with van der Waals surface area (Å²) < 4.78 is 5.71. The fourth-order valence-corrected chi connectivity index (χ4v) is 4.70. The van der Waals surface area contributed by atoms with Crippen molar-refractivity contribution in [1.82, 2.24) is 9.80 Å². The molecule has 2 aromatic carbocycles. The number of ether oxygens (including phenoxy) is 1. The van der Waals surface area contributed by atoms with Crippen LogP contribution in [-0.4, -0.2) is 48.5 Å². The molecule has 0 unspecified atom stereocenters. The van der Waals surface area contributed by atoms with Gasteiger partial charge in [0.05, 0.1) is 7.11 Å². The highest BCUT2D eigenvalue weighted by atomic mass is 16.5. The predicted octanol–water partition coefficient (Wildman–Crippen LogP) is 4.29. The fourth-order valence-electron chi connectivity index (χ4n) is 4.70. The van der Waals surface area contributed by atoms with Crippen LogP contribution in [0.15, 0.2) is 36.4 Å². The highest BCUT2D eigenvalue weighted by Gasteiger charge is 2.21. The first-order chi connectivity index (χ1) is 14.0. The number of hydrogen-bond acceptors (Lipinski definition) is 3. The highest BCUT2D eigenvalue weighted by Crippen LogP contribution is 2.35. The molecule has 0 N–H and O–H groups in total. The molecule has 154 valence electrons. The van der Waals surface area contributed by atoms with E-state index in [1.165, 1.54) is 41.6 Å². The lowest BCUT2D eigenvalue weighted by Crippen LogP contribution is -2.34. The molecule has 0 saturated carbocycles. The topological polar surface area (TPSA) is 32.8 Å². The van der Waals surface area contributed by atoms with Crippen LogP contribution < -0.4 is 4.74 Å². The van der Waals surface area contributed by atoms with Crippen LogP contribution in [0.3, 0.4) is 0 Å². The minimum absolute atomic E-state index is 0.137. The van der Waals surface area contributed by atoms with Gasteiger partial charge in [-0.15, -0.1) is 0 Å². The quantitative estimate of drug-likeness (QED) is 0.761. The predicted molar refractivity (Wildman–Crippen MR) is 117 cm³/mol. The van der Waals surface area contributed by atoms with Crippen LogP contribution in [0.1, 0.15) is 43.4 Å². The number of carbonyl (C=O) groups excluding carboxylic acids is 1. The van der Waals surface area contributed by atoms with E-state index in [9.17, 15) is 4.79 Å². The van der Waals surface area contributed by atoms with E-state index < -0.39 is 0 Å². The number of hydrogen-bond donors (Lipinski definition) is 0. The molecule has 1 saturated heterocycles. The summed E-state index contributed by atoms with van der Waals surface area (Å²) in [6.07, 6.45) is 4.68. The molecule has 29 heavy (non-hydrogen) atoms. The van der Waals surface area contributed by atoms with Crippen LogP contribution in [0.5, 0.6) is 5.75 Å². The molecule has 4 rings (SSSR count). The van der Waals surface area contributed by atoms with Gasteiger partial charge in [-0.1, -0.05) is 24.3 Å². The smallest absolute Gasteiger partial charge is 0.219 e. The average Bonchev–Trinajstić information content (AvgIpc) is 3.15. The first-order valence-electron chi connectivity index (χ1n) is 10.8. The molecule has 0 spiro atoms. The largest absolute Gasteiger partial charge is 0.496 e. The zero-order valence-electron chi connectivity index (χ0n) is 17.9. The Bertz CT molecular complexity index is 875. The van der Waals surface area contributed by atoms with Crippen LogP contribution in [-0.2, 0) is 24.2 Å². The zero-order chi connectivity index (χ0) is 20.4. The van der Waals surface area contributed by atoms with Gasteiger partial charge < -0.3 is 14.5 Å². The highest BCUT2D eigenvalue weighted by molar-refractivity contribution is 5.75. The van der Waals surface area contributed by atoms with Gasteiger partial charge in [-0.2, -0.15) is 0 Å². The molecule has 1 amide bonds. The van der Waals surface area contributed by atoms with E-state index in [1.54, 1.807) is 14.0 Å². The molecular weight excluding hydrogens is 360 g/mol. The lowest BCUT2D eigenvalue weighted by molar-refractivity contribution is -0.129. The lowest BCUT2D eigenvalue weighted by Gasteiger charge is -2.29. The van der Waals surface area contributed by atoms with Crippen LogP contribution in [0.2, 0.25) is 0 Å². The Morgan fingerprint density at radius 3 is 2.59 bits per heavy atom. The van der Waals surface area contributed by atoms with Gasteiger partial charge in [0.2, 0.25) is 5.91 Å². The summed E-state index contributed by atoms with van der Waals surface area (Å²) in [5, 5.41) is 0. The van der Waals surface area contributed by atoms with E-state index in [1.807, 2.05) is 4.90 Å². The number of fused-ring (bicyclic) bond motifs is 1. The standard InChI is InChI=1S/C25H32N2O2/c1-18-5-4-12-26(18)13-10-20-6-8-21(9-7-20)24-15-22-11-14-27(19(2)28)17-23(22)16-25(24)29-3/h6-9,15-16,18H,4-5,10-14,17H2,1-3H3/t18-/m1/s1. The molecule has 1 fully saturated rings. The van der Waals surface area contributed by atoms with Crippen LogP contribution in [0.4, 0.5) is 0 Å². The van der Waals surface area contributed by atoms with Crippen molar-refractivity contribution in [3.05, 3.63) is 53.1 Å². The van der Waals surface area contributed by atoms with Crippen molar-refractivity contribution in [3.63, 3.8) is 0 Å². The van der Waals surface area contributed by atoms with Crippen molar-refractivity contribution in [3.8, 4) is 16.9 Å². The van der Waals surface area contributed by atoms with Gasteiger partial charge in [0.15, 0.2) is 0 Å². The maximum absolute atomic E-state index is 11.7. The van der Waals surface area contributed by atoms with Gasteiger partial charge in [-0.05, 0) is 73.5 Å². The number of amides is 1. The van der Waals surface area contributed by atoms with Crippen molar-refractivity contribution in [2.24, 2.45) is 0 Å². The van der Waals surface area contributed by atoms with Gasteiger partial charge in [-0.25, -0.2) is 0 Å². The Balaban J connectivity index is 1.51. The summed E-state index contributed by atoms with van der Waals surface area (Å²) in [6.45, 7) is 7.84. The molecule has 2 aliphatic rings. The van der Waals surface area contributed by atoms with Crippen molar-refractivity contribution in [2.75, 3.05) is 26.7 Å². The van der Waals surface area contributed by atoms with Crippen molar-refractivity contribution < 1.29 is 9.53 Å². The lowest BCUT2D eigenvalue weighted by atomic mass is 9.93. The first kappa shape index (κ1) is 20.0. The molecule has 2 heterocycles. The number of carbonyl (C=O) groups is 1. The molecule has 1 atom stereocenters. The molecule has 4 nitrogen and oxygen atoms in total. The maximum atomic E-state index is 11.7. The van der Waals surface area contributed by atoms with E-state index >= 15 is 0 Å². The summed E-state index contributed by atoms with van der Waals surface area (Å²) in [7, 11) is 1.72. The van der Waals surface area contributed by atoms with Gasteiger partial charge >= 0.3 is 0 Å². The molecule has 2 aromatic rings. The third-order valence-corrected chi connectivity index (χ3v) is 6.62. The van der Waals surface area contributed by atoms with E-state index in [0.29, 0.717) is 6.54 Å². The number of likely N-dealkylation sites (tertiary alicyclic amines) is 1. The minimum Gasteiger partial charge on any atom is -0.496 e. The second-order valence-corrected chi connectivity index (χ2v) is 8.49. The number of methoxy groups -OCH3 is 1. The first-order valence-corrected chi connectivity index (χ1v) is 10.8. The Labute approximate surface area is 174 Å². The molecule has 0 aliphatic carbocycles. The Morgan fingerprint density at radius 1 is 1.14 bits per heavy atom. The molecule has 0 bridgehead atoms. The minimum atomic E-state index is 0.137. The maximum Gasteiger partial charge on any atom is 0.219 e. The second-order valence-electron chi connectivity index (χ2n) is 8.49. The van der Waals surface area contributed by atoms with Crippen molar-refractivity contribution >= 4 is 5.91 Å². The van der Waals surface area contributed by atoms with Crippen LogP contribution in [0, 0.1) is 0 Å². The summed E-state index contributed by atoms with van der Waals surface area (Å²) in [5.41, 5.74) is 6.25. The van der Waals surface area contributed by atoms with E-state index in [0.717, 1.165) is 43.3 Å². The third-order valence-electron chi connectivity index (χ3n) is 6.62. The summed E-state index contributed by atoms with van der Waals surface area (Å²) in [4.78, 5) is 16.2. The summed E-state index contributed by atoms with van der Waals surface area (Å²) >= 11 is 0. The fraction of sp³-hybridized carbons (Fsp3) is 0.480. The molecule has 0 aromatic heterocycles. The average molecular weight is 393 g/mol. The third kappa shape index (κ3) is 4.32. The summed E-state index contributed by atoms with van der Waals surface area (Å²) in [6, 6.07) is 14.1. The van der Waals surface area contributed by atoms with Gasteiger partial charge in [0, 0.05) is 38.2 Å². The monoisotopic (exact) mass is 392 g/mol. The Morgan fingerprint density at radius 2 is 1.93 bits per heavy atom.